The number of anilines is 1. The number of carbonyl (C=O) groups excluding carboxylic acids is 1. The van der Waals surface area contributed by atoms with Gasteiger partial charge >= 0.3 is 0 Å². The standard InChI is InChI=1S/C22H22N2O/c1-15-10-11-18(16(2)12-15)13-23(3)14-24-20-9-5-7-17-6-4-8-19(21(17)20)22(24)25/h4-12H,13-14H2,1-3H3/p+1. The average molecular weight is 331 g/mol. The summed E-state index contributed by atoms with van der Waals surface area (Å²) in [5.41, 5.74) is 5.81. The van der Waals surface area contributed by atoms with Gasteiger partial charge in [-0.2, -0.15) is 0 Å². The lowest BCUT2D eigenvalue weighted by Crippen LogP contribution is -3.09. The molecule has 1 aliphatic heterocycles. The van der Waals surface area contributed by atoms with Crippen LogP contribution in [0.3, 0.4) is 0 Å². The van der Waals surface area contributed by atoms with E-state index in [-0.39, 0.29) is 5.91 Å². The molecule has 1 N–H and O–H groups in total. The molecule has 0 aromatic heterocycles. The smallest absolute Gasteiger partial charge is 0.263 e. The Morgan fingerprint density at radius 3 is 2.52 bits per heavy atom. The highest BCUT2D eigenvalue weighted by Gasteiger charge is 2.31. The fourth-order valence-corrected chi connectivity index (χ4v) is 3.83. The first kappa shape index (κ1) is 15.9. The summed E-state index contributed by atoms with van der Waals surface area (Å²) in [6.07, 6.45) is 0. The maximum Gasteiger partial charge on any atom is 0.263 e. The SMILES string of the molecule is Cc1ccc(C[NH+](C)CN2C(=O)c3cccc4cccc2c34)c(C)c1. The van der Waals surface area contributed by atoms with E-state index in [4.69, 9.17) is 0 Å². The zero-order valence-electron chi connectivity index (χ0n) is 15.0. The van der Waals surface area contributed by atoms with Gasteiger partial charge < -0.3 is 4.90 Å². The minimum atomic E-state index is 0.117. The number of rotatable bonds is 4. The monoisotopic (exact) mass is 331 g/mol. The van der Waals surface area contributed by atoms with E-state index in [0.29, 0.717) is 6.67 Å². The van der Waals surface area contributed by atoms with Crippen LogP contribution in [0.2, 0.25) is 0 Å². The molecule has 0 saturated heterocycles. The summed E-state index contributed by atoms with van der Waals surface area (Å²) in [5, 5.41) is 2.23. The van der Waals surface area contributed by atoms with Gasteiger partial charge in [0.25, 0.3) is 5.91 Å². The number of hydrogen-bond donors (Lipinski definition) is 1. The Kier molecular flexibility index (Phi) is 3.81. The molecule has 0 radical (unpaired) electrons. The second-order valence-electron chi connectivity index (χ2n) is 7.14. The number of nitrogens with one attached hydrogen (secondary N) is 1. The summed E-state index contributed by atoms with van der Waals surface area (Å²) in [6, 6.07) is 18.7. The molecule has 0 aliphatic carbocycles. The van der Waals surface area contributed by atoms with Crippen molar-refractivity contribution in [3.05, 3.63) is 76.9 Å². The van der Waals surface area contributed by atoms with E-state index < -0.39 is 0 Å². The number of benzene rings is 3. The first-order chi connectivity index (χ1) is 12.0. The summed E-state index contributed by atoms with van der Waals surface area (Å²) >= 11 is 0. The first-order valence-electron chi connectivity index (χ1n) is 8.75. The van der Waals surface area contributed by atoms with Crippen molar-refractivity contribution in [3.8, 4) is 0 Å². The Morgan fingerprint density at radius 1 is 1.00 bits per heavy atom. The van der Waals surface area contributed by atoms with Crippen molar-refractivity contribution >= 4 is 22.4 Å². The predicted molar refractivity (Wildman–Crippen MR) is 102 cm³/mol. The maximum atomic E-state index is 12.9. The van der Waals surface area contributed by atoms with Gasteiger partial charge in [0.05, 0.1) is 18.3 Å². The van der Waals surface area contributed by atoms with Gasteiger partial charge in [0.1, 0.15) is 6.54 Å². The Labute approximate surface area is 148 Å². The third kappa shape index (κ3) is 2.71. The third-order valence-electron chi connectivity index (χ3n) is 5.07. The van der Waals surface area contributed by atoms with E-state index >= 15 is 0 Å². The van der Waals surface area contributed by atoms with Crippen molar-refractivity contribution in [3.63, 3.8) is 0 Å². The van der Waals surface area contributed by atoms with Crippen LogP contribution in [0.15, 0.2) is 54.6 Å². The van der Waals surface area contributed by atoms with E-state index in [1.165, 1.54) is 21.6 Å². The van der Waals surface area contributed by atoms with E-state index in [9.17, 15) is 4.79 Å². The van der Waals surface area contributed by atoms with Crippen molar-refractivity contribution in [1.82, 2.24) is 0 Å². The average Bonchev–Trinajstić information content (AvgIpc) is 2.86. The third-order valence-corrected chi connectivity index (χ3v) is 5.07. The highest BCUT2D eigenvalue weighted by atomic mass is 16.2. The summed E-state index contributed by atoms with van der Waals surface area (Å²) in [4.78, 5) is 16.1. The van der Waals surface area contributed by atoms with E-state index in [2.05, 4.69) is 57.3 Å². The Morgan fingerprint density at radius 2 is 1.76 bits per heavy atom. The van der Waals surface area contributed by atoms with Crippen molar-refractivity contribution in [1.29, 1.82) is 0 Å². The summed E-state index contributed by atoms with van der Waals surface area (Å²) in [6.45, 7) is 5.85. The van der Waals surface area contributed by atoms with Gasteiger partial charge in [-0.25, -0.2) is 0 Å². The zero-order chi connectivity index (χ0) is 17.6. The number of amides is 1. The minimum absolute atomic E-state index is 0.117. The Balaban J connectivity index is 1.59. The fourth-order valence-electron chi connectivity index (χ4n) is 3.83. The molecule has 1 atom stereocenters. The van der Waals surface area contributed by atoms with E-state index in [1.807, 2.05) is 23.1 Å². The lowest BCUT2D eigenvalue weighted by Gasteiger charge is -2.23. The van der Waals surface area contributed by atoms with Gasteiger partial charge in [-0.3, -0.25) is 9.69 Å². The molecule has 1 heterocycles. The van der Waals surface area contributed by atoms with E-state index in [0.717, 1.165) is 28.6 Å². The first-order valence-corrected chi connectivity index (χ1v) is 8.75. The molecule has 3 aromatic carbocycles. The van der Waals surface area contributed by atoms with Crippen LogP contribution in [0.1, 0.15) is 27.0 Å². The molecule has 1 amide bonds. The Bertz CT molecular complexity index is 972. The van der Waals surface area contributed by atoms with E-state index in [1.54, 1.807) is 0 Å². The van der Waals surface area contributed by atoms with Crippen molar-refractivity contribution in [2.75, 3.05) is 18.6 Å². The molecule has 1 unspecified atom stereocenters. The zero-order valence-corrected chi connectivity index (χ0v) is 15.0. The number of carbonyl (C=O) groups is 1. The van der Waals surface area contributed by atoms with Crippen LogP contribution in [0.5, 0.6) is 0 Å². The van der Waals surface area contributed by atoms with Crippen LogP contribution in [0.25, 0.3) is 10.8 Å². The van der Waals surface area contributed by atoms with Crippen LogP contribution < -0.4 is 9.80 Å². The quantitative estimate of drug-likeness (QED) is 0.781. The van der Waals surface area contributed by atoms with Crippen LogP contribution >= 0.6 is 0 Å². The van der Waals surface area contributed by atoms with Crippen LogP contribution in [-0.2, 0) is 6.54 Å². The number of hydrogen-bond acceptors (Lipinski definition) is 1. The van der Waals surface area contributed by atoms with Crippen molar-refractivity contribution in [2.24, 2.45) is 0 Å². The highest BCUT2D eigenvalue weighted by molar-refractivity contribution is 6.24. The molecule has 126 valence electrons. The Hall–Kier alpha value is -2.65. The van der Waals surface area contributed by atoms with Gasteiger partial charge in [0.2, 0.25) is 0 Å². The van der Waals surface area contributed by atoms with Gasteiger partial charge in [0.15, 0.2) is 6.67 Å². The van der Waals surface area contributed by atoms with Gasteiger partial charge in [-0.15, -0.1) is 0 Å². The molecule has 25 heavy (non-hydrogen) atoms. The lowest BCUT2D eigenvalue weighted by atomic mass is 10.1. The second-order valence-corrected chi connectivity index (χ2v) is 7.14. The number of nitrogens with zero attached hydrogens (tertiary/aromatic N) is 1. The molecule has 3 aromatic rings. The molecule has 3 heteroatoms. The van der Waals surface area contributed by atoms with Gasteiger partial charge in [0, 0.05) is 10.9 Å². The largest absolute Gasteiger partial charge is 0.316 e. The molecular formula is C22H23N2O+. The second kappa shape index (κ2) is 6.01. The van der Waals surface area contributed by atoms with Gasteiger partial charge in [-0.05, 0) is 36.9 Å². The molecule has 0 spiro atoms. The van der Waals surface area contributed by atoms with Gasteiger partial charge in [-0.1, -0.05) is 48.0 Å². The number of quaternary nitrogens is 1. The minimum Gasteiger partial charge on any atom is -0.316 e. The lowest BCUT2D eigenvalue weighted by molar-refractivity contribution is -0.892. The summed E-state index contributed by atoms with van der Waals surface area (Å²) < 4.78 is 0. The molecule has 0 saturated carbocycles. The topological polar surface area (TPSA) is 24.8 Å². The number of aryl methyl sites for hydroxylation is 2. The van der Waals surface area contributed by atoms with Crippen LogP contribution in [-0.4, -0.2) is 19.6 Å². The summed E-state index contributed by atoms with van der Waals surface area (Å²) in [5.74, 6) is 0.117. The highest BCUT2D eigenvalue weighted by Crippen LogP contribution is 2.36. The molecule has 3 nitrogen and oxygen atoms in total. The summed E-state index contributed by atoms with van der Waals surface area (Å²) in [7, 11) is 2.15. The normalized spacial score (nSPS) is 14.4. The molecule has 0 fully saturated rings. The van der Waals surface area contributed by atoms with Crippen LogP contribution in [0.4, 0.5) is 5.69 Å². The predicted octanol–water partition coefficient (Wildman–Crippen LogP) is 3.09. The van der Waals surface area contributed by atoms with Crippen LogP contribution in [0, 0.1) is 13.8 Å². The molecule has 0 bridgehead atoms. The fraction of sp³-hybridized carbons (Fsp3) is 0.227. The maximum absolute atomic E-state index is 12.9. The van der Waals surface area contributed by atoms with Crippen molar-refractivity contribution in [2.45, 2.75) is 20.4 Å². The molecular weight excluding hydrogens is 308 g/mol. The molecule has 1 aliphatic rings. The van der Waals surface area contributed by atoms with Crippen molar-refractivity contribution < 1.29 is 9.69 Å². The molecule has 4 rings (SSSR count).